The van der Waals surface area contributed by atoms with E-state index >= 15 is 0 Å². The summed E-state index contributed by atoms with van der Waals surface area (Å²) in [5.74, 6) is -0.881. The molecule has 0 aliphatic carbocycles. The van der Waals surface area contributed by atoms with Crippen LogP contribution in [0.3, 0.4) is 0 Å². The fraction of sp³-hybridized carbons (Fsp3) is 0.590. The predicted octanol–water partition coefficient (Wildman–Crippen LogP) is 7.55. The van der Waals surface area contributed by atoms with Gasteiger partial charge in [0.25, 0.3) is 16.1 Å². The summed E-state index contributed by atoms with van der Waals surface area (Å²) in [6.07, 6.45) is 1.77. The Labute approximate surface area is 603 Å². The molecule has 45 nitrogen and oxygen atoms in total. The van der Waals surface area contributed by atoms with Crippen molar-refractivity contribution in [3.63, 3.8) is 0 Å². The molecule has 0 saturated heterocycles. The molecule has 0 aromatic heterocycles. The van der Waals surface area contributed by atoms with Crippen LogP contribution in [0.2, 0.25) is 5.02 Å². The summed E-state index contributed by atoms with van der Waals surface area (Å²) in [7, 11) is -63.1. The lowest BCUT2D eigenvalue weighted by Crippen LogP contribution is -2.23. The van der Waals surface area contributed by atoms with Crippen LogP contribution in [0, 0.1) is 0 Å². The highest BCUT2D eigenvalue weighted by Gasteiger charge is 2.59. The van der Waals surface area contributed by atoms with E-state index < -0.39 is 138 Å². The first-order valence-electron chi connectivity index (χ1n) is 26.0. The molecule has 0 saturated carbocycles. The summed E-state index contributed by atoms with van der Waals surface area (Å²) < 4.78 is 152. The molecular weight excluding hydrogens is 1760 g/mol. The second kappa shape index (κ2) is 43.3. The van der Waals surface area contributed by atoms with Crippen LogP contribution in [0.4, 0.5) is 0 Å². The fourth-order valence-electron chi connectivity index (χ4n) is 4.72. The Hall–Kier alpha value is 0.960. The number of phenolic OH excluding ortho intramolecular Hbond substituents is 1. The topological polar surface area (TPSA) is 806 Å². The van der Waals surface area contributed by atoms with Crippen LogP contribution >= 0.6 is 155 Å². The van der Waals surface area contributed by atoms with Gasteiger partial charge in [-0.3, -0.25) is 54.8 Å². The standard InChI is InChI=1S/C24H42O7P2.C7H9ClO6P2S.2C2H8O7P2.C2H6O6P2.CH4Cl2O6P2.CH6O6P2/c1-11-26-32(27-12-2)30-21(31-33(28-13-3)29-14-4)17-18-15-19(23(5,6)7)22(25)20(16-18)24(8,9)10;8-5-1-3-6(4-2-5)17-7(15(9,10)11)16(12,13)14;2*1-2(3,10(4,5)6)11(7,8)9;1-2(9(3,4)5)10(6,7)8;2-1(3,10(4,5)6)11(7,8)9;2-8(3,4)1-9(5,6)7/h15-17,25H,11-14H2,1-10H3;1-4,7H,(H2,9,10,11)(H2,12,13,14);2*3H,1H3,(H2,4,5,6)(H2,7,8,9);1H2,(H2,3,4,5)(H2,6,7,8);(H2,4,5,6)(H2,7,8,9);1H2,(H2,2,3,4)(H2,5,6,7). The number of aliphatic hydroxyl groups is 2. The first-order chi connectivity index (χ1) is 44.3. The van der Waals surface area contributed by atoms with E-state index in [1.54, 1.807) is 6.08 Å². The van der Waals surface area contributed by atoms with Gasteiger partial charge in [-0.25, -0.2) is 0 Å². The van der Waals surface area contributed by atoms with E-state index in [0.29, 0.717) is 67.7 Å². The van der Waals surface area contributed by atoms with Gasteiger partial charge < -0.3 is 160 Å². The molecule has 102 heavy (non-hydrogen) atoms. The number of rotatable bonds is 27. The van der Waals surface area contributed by atoms with E-state index in [1.807, 2.05) is 39.8 Å². The van der Waals surface area contributed by atoms with Gasteiger partial charge in [-0.1, -0.05) is 94.7 Å². The fourth-order valence-corrected chi connectivity index (χ4v) is 17.9. The van der Waals surface area contributed by atoms with Crippen LogP contribution in [0.1, 0.15) is 99.8 Å². The van der Waals surface area contributed by atoms with Gasteiger partial charge in [-0.2, -0.15) is 0 Å². The predicted molar refractivity (Wildman–Crippen MR) is 371 cm³/mol. The Kier molecular flexibility index (Phi) is 47.3. The summed E-state index contributed by atoms with van der Waals surface area (Å²) in [4.78, 5) is 199. The number of benzene rings is 2. The minimum atomic E-state index is -5.22. The minimum absolute atomic E-state index is 0.182. The van der Waals surface area contributed by atoms with Crippen molar-refractivity contribution in [2.75, 3.05) is 32.3 Å². The van der Waals surface area contributed by atoms with E-state index in [0.717, 1.165) is 16.7 Å². The highest BCUT2D eigenvalue weighted by molar-refractivity contribution is 8.12. The highest BCUT2D eigenvalue weighted by atomic mass is 35.5. The van der Waals surface area contributed by atoms with Crippen LogP contribution in [0.5, 0.6) is 5.75 Å². The highest BCUT2D eigenvalue weighted by Crippen LogP contribution is 2.74. The van der Waals surface area contributed by atoms with Gasteiger partial charge in [0.15, 0.2) is 5.90 Å². The summed E-state index contributed by atoms with van der Waals surface area (Å²) >= 11 is 15.5. The number of phenols is 1. The third kappa shape index (κ3) is 44.3. The second-order valence-corrected chi connectivity index (χ2v) is 51.6. The zero-order valence-corrected chi connectivity index (χ0v) is 70.2. The summed E-state index contributed by atoms with van der Waals surface area (Å²) in [6, 6.07) is 9.66. The van der Waals surface area contributed by atoms with Gasteiger partial charge in [0.2, 0.25) is 4.73 Å². The van der Waals surface area contributed by atoms with Crippen molar-refractivity contribution in [2.24, 2.45) is 0 Å². The minimum Gasteiger partial charge on any atom is -0.507 e. The SMILES string of the molecule is C=C(P(=O)(O)O)P(=O)(O)O.CC(O)(P(=O)(O)O)P(=O)(O)O.CC(O)(P(=O)(O)O)P(=O)(O)O.CCOP(OCC)OC(=Cc1cc(C(C)(C)C)c(O)c(C(C)(C)C)c1)OP(OCC)OCC.O=P(O)(O)C(Cl)(Cl)P(=O)(O)O.O=P(O)(O)C(Sc1ccc(Cl)cc1)P(=O)(O)O.O=P(O)(O)CP(=O)(O)O. The molecule has 606 valence electrons. The molecule has 0 aliphatic heterocycles. The van der Waals surface area contributed by atoms with Crippen molar-refractivity contribution < 1.29 is 215 Å². The monoisotopic (exact) mass is 1840 g/mol. The lowest BCUT2D eigenvalue weighted by molar-refractivity contribution is 0.125. The molecule has 2 aromatic rings. The molecule has 27 N–H and O–H groups in total. The Balaban J connectivity index is -0.000000385. The summed E-state index contributed by atoms with van der Waals surface area (Å²) in [5, 5.41) is 20.8. The van der Waals surface area contributed by atoms with Gasteiger partial charge >= 0.3 is 112 Å². The van der Waals surface area contributed by atoms with Gasteiger partial charge in [0.1, 0.15) is 10.8 Å². The maximum Gasteiger partial charge on any atom is 0.399 e. The quantitative estimate of drug-likeness (QED) is 0.0178. The molecule has 2 rings (SSSR count). The molecule has 0 amide bonds. The number of aromatic hydroxyl groups is 1. The van der Waals surface area contributed by atoms with E-state index in [9.17, 15) is 59.9 Å². The van der Waals surface area contributed by atoms with Gasteiger partial charge in [-0.15, -0.1) is 0 Å². The molecular formula is C39H83Cl3O45P14S. The van der Waals surface area contributed by atoms with Crippen molar-refractivity contribution in [1.82, 2.24) is 0 Å². The van der Waals surface area contributed by atoms with Crippen molar-refractivity contribution in [2.45, 2.75) is 118 Å². The summed E-state index contributed by atoms with van der Waals surface area (Å²) in [5.41, 5.74) is 1.98. The Morgan fingerprint density at radius 3 is 0.882 bits per heavy atom. The van der Waals surface area contributed by atoms with Gasteiger partial charge in [0, 0.05) is 27.1 Å². The molecule has 0 aliphatic rings. The number of thioether (sulfide) groups is 1. The normalized spacial score (nSPS) is 13.6. The molecule has 0 fully saturated rings. The third-order valence-corrected chi connectivity index (χ3v) is 37.7. The summed E-state index contributed by atoms with van der Waals surface area (Å²) in [6.45, 7) is 25.0. The number of halogens is 3. The molecule has 0 spiro atoms. The molecule has 0 radical (unpaired) electrons. The van der Waals surface area contributed by atoms with Crippen LogP contribution in [-0.2, 0) is 92.8 Å². The first-order valence-corrected chi connectivity index (χ1v) is 50.1. The molecule has 2 aromatic carbocycles. The Bertz CT molecular complexity index is 3300. The average molecular weight is 1840 g/mol. The van der Waals surface area contributed by atoms with Crippen molar-refractivity contribution in [3.05, 3.63) is 75.7 Å². The van der Waals surface area contributed by atoms with Crippen molar-refractivity contribution in [1.29, 1.82) is 0 Å². The molecule has 0 bridgehead atoms. The first kappa shape index (κ1) is 112. The van der Waals surface area contributed by atoms with E-state index in [2.05, 4.69) is 48.1 Å². The van der Waals surface area contributed by atoms with Crippen LogP contribution in [0.25, 0.3) is 6.08 Å². The molecule has 0 heterocycles. The largest absolute Gasteiger partial charge is 0.507 e. The van der Waals surface area contributed by atoms with E-state index in [4.69, 9.17) is 190 Å². The smallest absolute Gasteiger partial charge is 0.399 e. The molecule has 0 atom stereocenters. The number of hydrogen-bond donors (Lipinski definition) is 27. The second-order valence-electron chi connectivity index (χ2n) is 21.0. The van der Waals surface area contributed by atoms with E-state index in [1.165, 1.54) is 24.3 Å². The van der Waals surface area contributed by atoms with Crippen LogP contribution in [-0.4, -0.2) is 184 Å². The van der Waals surface area contributed by atoms with Crippen molar-refractivity contribution >= 4 is 161 Å². The Morgan fingerprint density at radius 1 is 0.480 bits per heavy atom. The zero-order chi connectivity index (χ0) is 83.3. The average Bonchev–Trinajstić information content (AvgIpc) is 0.799. The van der Waals surface area contributed by atoms with Crippen LogP contribution < -0.4 is 0 Å². The van der Waals surface area contributed by atoms with Crippen LogP contribution in [0.15, 0.2) is 58.9 Å². The molecule has 0 unspecified atom stereocenters. The van der Waals surface area contributed by atoms with E-state index in [-0.39, 0.29) is 16.8 Å². The lowest BCUT2D eigenvalue weighted by Gasteiger charge is -2.28. The molecule has 63 heteroatoms. The lowest BCUT2D eigenvalue weighted by atomic mass is 9.78. The number of alkyl halides is 2. The Morgan fingerprint density at radius 2 is 0.735 bits per heavy atom. The van der Waals surface area contributed by atoms with Crippen molar-refractivity contribution in [3.8, 4) is 5.75 Å². The van der Waals surface area contributed by atoms with Gasteiger partial charge in [-0.05, 0) is 94.3 Å². The zero-order valence-electron chi connectivity index (χ0n) is 54.6. The maximum absolute atomic E-state index is 11.0. The third-order valence-electron chi connectivity index (χ3n) is 9.88. The maximum atomic E-state index is 11.0. The van der Waals surface area contributed by atoms with Gasteiger partial charge in [0.05, 0.1) is 26.4 Å². The number of hydrogen-bond acceptors (Lipinski definition) is 22.